The molecule has 0 saturated heterocycles. The van der Waals surface area contributed by atoms with Crippen LogP contribution >= 0.6 is 0 Å². The number of nitrogens with zero attached hydrogens (tertiary/aromatic N) is 2. The smallest absolute Gasteiger partial charge is 0.323 e. The van der Waals surface area contributed by atoms with Gasteiger partial charge in [0.1, 0.15) is 5.54 Å². The van der Waals surface area contributed by atoms with Gasteiger partial charge in [0.25, 0.3) is 11.8 Å². The van der Waals surface area contributed by atoms with E-state index in [1.165, 1.54) is 4.90 Å². The van der Waals surface area contributed by atoms with Gasteiger partial charge in [0, 0.05) is 13.1 Å². The maximum absolute atomic E-state index is 12.2. The number of likely N-dealkylation sites (N-methyl/N-ethyl adjacent to an activating group) is 1. The largest absolute Gasteiger partial charge is 0.480 e. The first-order valence-electron chi connectivity index (χ1n) is 6.66. The maximum atomic E-state index is 12.2. The van der Waals surface area contributed by atoms with Crippen molar-refractivity contribution in [2.24, 2.45) is 0 Å². The third-order valence-corrected chi connectivity index (χ3v) is 4.01. The Morgan fingerprint density at radius 2 is 1.67 bits per heavy atom. The lowest BCUT2D eigenvalue weighted by Crippen LogP contribution is -2.50. The lowest BCUT2D eigenvalue weighted by Gasteiger charge is -2.32. The first-order valence-corrected chi connectivity index (χ1v) is 6.66. The van der Waals surface area contributed by atoms with Gasteiger partial charge in [-0.1, -0.05) is 12.1 Å². The van der Waals surface area contributed by atoms with Crippen molar-refractivity contribution in [1.82, 2.24) is 9.80 Å². The minimum atomic E-state index is -1.06. The number of carboxylic acids is 1. The van der Waals surface area contributed by atoms with E-state index in [0.29, 0.717) is 17.7 Å². The van der Waals surface area contributed by atoms with Gasteiger partial charge in [-0.3, -0.25) is 24.2 Å². The van der Waals surface area contributed by atoms with Crippen LogP contribution in [0, 0.1) is 0 Å². The highest BCUT2D eigenvalue weighted by molar-refractivity contribution is 6.21. The van der Waals surface area contributed by atoms with Crippen LogP contribution in [0.2, 0.25) is 0 Å². The van der Waals surface area contributed by atoms with Crippen LogP contribution in [-0.4, -0.2) is 58.4 Å². The quantitative estimate of drug-likeness (QED) is 0.821. The predicted octanol–water partition coefficient (Wildman–Crippen LogP) is 1.08. The minimum absolute atomic E-state index is 0.166. The number of imide groups is 1. The first-order chi connectivity index (χ1) is 9.76. The number of carbonyl (C=O) groups is 3. The predicted molar refractivity (Wildman–Crippen MR) is 76.2 cm³/mol. The summed E-state index contributed by atoms with van der Waals surface area (Å²) in [5, 5.41) is 9.16. The Morgan fingerprint density at radius 1 is 1.19 bits per heavy atom. The number of benzene rings is 1. The molecule has 2 amide bonds. The number of fused-ring (bicyclic) bond motifs is 1. The molecule has 1 heterocycles. The lowest BCUT2D eigenvalue weighted by molar-refractivity contribution is -0.148. The molecule has 0 atom stereocenters. The van der Waals surface area contributed by atoms with E-state index < -0.39 is 11.5 Å². The first kappa shape index (κ1) is 15.2. The highest BCUT2D eigenvalue weighted by atomic mass is 16.4. The van der Waals surface area contributed by atoms with Gasteiger partial charge in [-0.05, 0) is 33.0 Å². The average Bonchev–Trinajstić information content (AvgIpc) is 2.69. The Morgan fingerprint density at radius 3 is 2.10 bits per heavy atom. The van der Waals surface area contributed by atoms with Crippen LogP contribution in [0.4, 0.5) is 0 Å². The van der Waals surface area contributed by atoms with Crippen LogP contribution < -0.4 is 0 Å². The fourth-order valence-electron chi connectivity index (χ4n) is 2.14. The van der Waals surface area contributed by atoms with E-state index in [9.17, 15) is 14.4 Å². The summed E-state index contributed by atoms with van der Waals surface area (Å²) >= 11 is 0. The Bertz CT molecular complexity index is 574. The molecule has 1 aliphatic rings. The molecule has 0 unspecified atom stereocenters. The summed E-state index contributed by atoms with van der Waals surface area (Å²) in [6, 6.07) is 6.68. The standard InChI is InChI=1S/C15H18N2O4/c1-15(2,14(20)21)16(3)8-9-17-12(18)10-6-4-5-7-11(10)13(17)19/h4-7H,8-9H2,1-3H3,(H,20,21). The van der Waals surface area contributed by atoms with E-state index in [-0.39, 0.29) is 18.4 Å². The van der Waals surface area contributed by atoms with Crippen molar-refractivity contribution in [3.8, 4) is 0 Å². The van der Waals surface area contributed by atoms with E-state index >= 15 is 0 Å². The van der Waals surface area contributed by atoms with Crippen LogP contribution in [0.3, 0.4) is 0 Å². The number of hydrogen-bond donors (Lipinski definition) is 1. The SMILES string of the molecule is CN(CCN1C(=O)c2ccccc2C1=O)C(C)(C)C(=O)O. The summed E-state index contributed by atoms with van der Waals surface area (Å²) in [6.07, 6.45) is 0. The van der Waals surface area contributed by atoms with Gasteiger partial charge < -0.3 is 5.11 Å². The van der Waals surface area contributed by atoms with E-state index in [0.717, 1.165) is 0 Å². The molecule has 6 nitrogen and oxygen atoms in total. The van der Waals surface area contributed by atoms with Gasteiger partial charge in [-0.15, -0.1) is 0 Å². The fraction of sp³-hybridized carbons (Fsp3) is 0.400. The topological polar surface area (TPSA) is 77.9 Å². The molecule has 21 heavy (non-hydrogen) atoms. The fourth-order valence-corrected chi connectivity index (χ4v) is 2.14. The molecule has 1 aromatic rings. The Balaban J connectivity index is 2.08. The summed E-state index contributed by atoms with van der Waals surface area (Å²) in [5.74, 6) is -1.60. The third-order valence-electron chi connectivity index (χ3n) is 4.01. The summed E-state index contributed by atoms with van der Waals surface area (Å²) in [4.78, 5) is 38.3. The number of rotatable bonds is 5. The number of carbonyl (C=O) groups excluding carboxylic acids is 2. The second kappa shape index (κ2) is 5.29. The summed E-state index contributed by atoms with van der Waals surface area (Å²) in [5.41, 5.74) is -0.246. The molecule has 6 heteroatoms. The van der Waals surface area contributed by atoms with Gasteiger partial charge in [-0.2, -0.15) is 0 Å². The van der Waals surface area contributed by atoms with Gasteiger partial charge in [-0.25, -0.2) is 0 Å². The maximum Gasteiger partial charge on any atom is 0.323 e. The molecule has 2 rings (SSSR count). The average molecular weight is 290 g/mol. The van der Waals surface area contributed by atoms with Gasteiger partial charge >= 0.3 is 5.97 Å². The molecule has 0 spiro atoms. The summed E-state index contributed by atoms with van der Waals surface area (Å²) in [6.45, 7) is 3.62. The molecule has 1 aliphatic heterocycles. The van der Waals surface area contributed by atoms with Gasteiger partial charge in [0.05, 0.1) is 11.1 Å². The van der Waals surface area contributed by atoms with Crippen molar-refractivity contribution < 1.29 is 19.5 Å². The lowest BCUT2D eigenvalue weighted by atomic mass is 10.0. The molecule has 0 saturated carbocycles. The Hall–Kier alpha value is -2.21. The number of hydrogen-bond acceptors (Lipinski definition) is 4. The Kier molecular flexibility index (Phi) is 3.82. The molecule has 1 N–H and O–H groups in total. The number of carboxylic acid groups (broad SMARTS) is 1. The van der Waals surface area contributed by atoms with Crippen LogP contribution in [0.5, 0.6) is 0 Å². The highest BCUT2D eigenvalue weighted by Gasteiger charge is 2.37. The molecule has 0 bridgehead atoms. The second-order valence-electron chi connectivity index (χ2n) is 5.59. The van der Waals surface area contributed by atoms with E-state index in [1.54, 1.807) is 50.1 Å². The summed E-state index contributed by atoms with van der Waals surface area (Å²) in [7, 11) is 1.66. The van der Waals surface area contributed by atoms with Crippen LogP contribution in [0.1, 0.15) is 34.6 Å². The molecule has 112 valence electrons. The van der Waals surface area contributed by atoms with E-state index in [4.69, 9.17) is 5.11 Å². The molecular formula is C15H18N2O4. The van der Waals surface area contributed by atoms with Crippen LogP contribution in [0.15, 0.2) is 24.3 Å². The minimum Gasteiger partial charge on any atom is -0.480 e. The molecule has 0 radical (unpaired) electrons. The zero-order valence-electron chi connectivity index (χ0n) is 12.3. The molecule has 0 aromatic heterocycles. The summed E-state index contributed by atoms with van der Waals surface area (Å²) < 4.78 is 0. The van der Waals surface area contributed by atoms with Gasteiger partial charge in [0.15, 0.2) is 0 Å². The molecule has 0 aliphatic carbocycles. The normalized spacial score (nSPS) is 14.8. The van der Waals surface area contributed by atoms with Crippen molar-refractivity contribution >= 4 is 17.8 Å². The van der Waals surface area contributed by atoms with Crippen molar-refractivity contribution in [3.05, 3.63) is 35.4 Å². The number of amides is 2. The van der Waals surface area contributed by atoms with Crippen molar-refractivity contribution in [1.29, 1.82) is 0 Å². The molecule has 0 fully saturated rings. The highest BCUT2D eigenvalue weighted by Crippen LogP contribution is 2.22. The van der Waals surface area contributed by atoms with Crippen molar-refractivity contribution in [3.63, 3.8) is 0 Å². The number of aliphatic carboxylic acids is 1. The zero-order valence-corrected chi connectivity index (χ0v) is 12.3. The van der Waals surface area contributed by atoms with Gasteiger partial charge in [0.2, 0.25) is 0 Å². The zero-order chi connectivity index (χ0) is 15.8. The molecular weight excluding hydrogens is 272 g/mol. The van der Waals surface area contributed by atoms with Crippen LogP contribution in [0.25, 0.3) is 0 Å². The second-order valence-corrected chi connectivity index (χ2v) is 5.59. The Labute approximate surface area is 123 Å². The molecule has 1 aromatic carbocycles. The van der Waals surface area contributed by atoms with E-state index in [1.807, 2.05) is 0 Å². The van der Waals surface area contributed by atoms with Crippen LogP contribution in [-0.2, 0) is 4.79 Å². The van der Waals surface area contributed by atoms with Crippen molar-refractivity contribution in [2.45, 2.75) is 19.4 Å². The van der Waals surface area contributed by atoms with E-state index in [2.05, 4.69) is 0 Å². The van der Waals surface area contributed by atoms with Crippen molar-refractivity contribution in [2.75, 3.05) is 20.1 Å². The third kappa shape index (κ3) is 2.54. The monoisotopic (exact) mass is 290 g/mol.